The van der Waals surface area contributed by atoms with Crippen LogP contribution in [0.2, 0.25) is 0 Å². The smallest absolute Gasteiger partial charge is 0.408 e. The number of carbonyl (C=O) groups is 3. The Labute approximate surface area is 190 Å². The van der Waals surface area contributed by atoms with Gasteiger partial charge in [-0.3, -0.25) is 9.59 Å². The summed E-state index contributed by atoms with van der Waals surface area (Å²) in [6.07, 6.45) is -0.684. The Morgan fingerprint density at radius 2 is 1.66 bits per heavy atom. The van der Waals surface area contributed by atoms with Crippen LogP contribution in [-0.2, 0) is 20.9 Å². The topological polar surface area (TPSA) is 87.7 Å². The second-order valence-corrected chi connectivity index (χ2v) is 8.83. The van der Waals surface area contributed by atoms with Crippen molar-refractivity contribution in [2.24, 2.45) is 0 Å². The van der Waals surface area contributed by atoms with E-state index in [0.717, 1.165) is 22.3 Å². The van der Waals surface area contributed by atoms with Crippen LogP contribution in [0, 0.1) is 13.8 Å². The summed E-state index contributed by atoms with van der Waals surface area (Å²) in [5.74, 6) is -0.702. The summed E-state index contributed by atoms with van der Waals surface area (Å²) in [4.78, 5) is 39.4. The molecule has 0 radical (unpaired) electrons. The Kier molecular flexibility index (Phi) is 8.41. The largest absolute Gasteiger partial charge is 0.444 e. The zero-order chi connectivity index (χ0) is 23.9. The number of ether oxygens (including phenoxy) is 1. The summed E-state index contributed by atoms with van der Waals surface area (Å²) in [6, 6.07) is 14.5. The molecule has 0 saturated carbocycles. The first-order chi connectivity index (χ1) is 15.0. The van der Waals surface area contributed by atoms with Gasteiger partial charge in [-0.15, -0.1) is 0 Å². The molecule has 0 fully saturated rings. The van der Waals surface area contributed by atoms with Crippen molar-refractivity contribution in [2.45, 2.75) is 52.8 Å². The van der Waals surface area contributed by atoms with Gasteiger partial charge in [0.25, 0.3) is 0 Å². The van der Waals surface area contributed by atoms with Gasteiger partial charge in [-0.1, -0.05) is 54.1 Å². The predicted octanol–water partition coefficient (Wildman–Crippen LogP) is 3.64. The van der Waals surface area contributed by atoms with Gasteiger partial charge in [0.05, 0.1) is 0 Å². The molecule has 7 nitrogen and oxygen atoms in total. The Bertz CT molecular complexity index is 951. The lowest BCUT2D eigenvalue weighted by molar-refractivity contribution is -0.138. The first-order valence-electron chi connectivity index (χ1n) is 10.6. The molecule has 0 bridgehead atoms. The average Bonchev–Trinajstić information content (AvgIpc) is 2.72. The summed E-state index contributed by atoms with van der Waals surface area (Å²) in [5.41, 5.74) is 2.91. The number of aryl methyl sites for hydroxylation is 2. The number of hydrogen-bond donors (Lipinski definition) is 2. The number of carbonyl (C=O) groups excluding carboxylic acids is 3. The van der Waals surface area contributed by atoms with E-state index in [1.165, 1.54) is 4.90 Å². The molecule has 2 aromatic carbocycles. The summed E-state index contributed by atoms with van der Waals surface area (Å²) < 4.78 is 5.18. The molecule has 0 aliphatic heterocycles. The molecule has 0 aromatic heterocycles. The van der Waals surface area contributed by atoms with E-state index in [1.807, 2.05) is 62.4 Å². The van der Waals surface area contributed by atoms with Gasteiger partial charge in [0.1, 0.15) is 18.2 Å². The van der Waals surface area contributed by atoms with Crippen molar-refractivity contribution < 1.29 is 19.1 Å². The van der Waals surface area contributed by atoms with E-state index in [2.05, 4.69) is 10.6 Å². The fourth-order valence-electron chi connectivity index (χ4n) is 3.19. The SMILES string of the molecule is Cc1ccc(C)c(C(C(=O)NCc2ccccc2)N(C)C(=O)CNC(=O)OC(C)(C)C)c1. The highest BCUT2D eigenvalue weighted by Gasteiger charge is 2.30. The quantitative estimate of drug-likeness (QED) is 0.689. The van der Waals surface area contributed by atoms with Crippen molar-refractivity contribution in [1.82, 2.24) is 15.5 Å². The maximum absolute atomic E-state index is 13.2. The lowest BCUT2D eigenvalue weighted by atomic mass is 9.97. The van der Waals surface area contributed by atoms with Gasteiger partial charge in [0.2, 0.25) is 11.8 Å². The normalized spacial score (nSPS) is 11.9. The van der Waals surface area contributed by atoms with Gasteiger partial charge in [-0.25, -0.2) is 4.79 Å². The number of benzene rings is 2. The van der Waals surface area contributed by atoms with E-state index in [-0.39, 0.29) is 12.5 Å². The number of rotatable bonds is 7. The van der Waals surface area contributed by atoms with Gasteiger partial charge >= 0.3 is 6.09 Å². The second kappa shape index (κ2) is 10.8. The number of hydrogen-bond acceptors (Lipinski definition) is 4. The predicted molar refractivity (Wildman–Crippen MR) is 124 cm³/mol. The number of nitrogens with zero attached hydrogens (tertiary/aromatic N) is 1. The van der Waals surface area contributed by atoms with Crippen molar-refractivity contribution in [3.8, 4) is 0 Å². The molecule has 1 unspecified atom stereocenters. The number of alkyl carbamates (subject to hydrolysis) is 1. The molecule has 0 saturated heterocycles. The van der Waals surface area contributed by atoms with Crippen molar-refractivity contribution in [1.29, 1.82) is 0 Å². The third-order valence-corrected chi connectivity index (χ3v) is 4.85. The molecule has 1 atom stereocenters. The van der Waals surface area contributed by atoms with Gasteiger partial charge in [0, 0.05) is 13.6 Å². The van der Waals surface area contributed by atoms with Gasteiger partial charge in [-0.2, -0.15) is 0 Å². The lowest BCUT2D eigenvalue weighted by Gasteiger charge is -2.29. The average molecular weight is 440 g/mol. The third-order valence-electron chi connectivity index (χ3n) is 4.85. The molecule has 2 rings (SSSR count). The van der Waals surface area contributed by atoms with E-state index in [4.69, 9.17) is 4.74 Å². The third kappa shape index (κ3) is 7.41. The monoisotopic (exact) mass is 439 g/mol. The molecule has 32 heavy (non-hydrogen) atoms. The van der Waals surface area contributed by atoms with E-state index in [1.54, 1.807) is 27.8 Å². The van der Waals surface area contributed by atoms with Crippen LogP contribution < -0.4 is 10.6 Å². The number of amides is 3. The van der Waals surface area contributed by atoms with E-state index < -0.39 is 23.6 Å². The fourth-order valence-corrected chi connectivity index (χ4v) is 3.19. The summed E-state index contributed by atoms with van der Waals surface area (Å²) in [6.45, 7) is 9.14. The molecule has 172 valence electrons. The standard InChI is InChI=1S/C25H33N3O4/c1-17-12-13-18(2)20(14-17)22(23(30)26-15-19-10-8-7-9-11-19)28(6)21(29)16-27-24(31)32-25(3,4)5/h7-14,22H,15-16H2,1-6H3,(H,26,30)(H,27,31). The van der Waals surface area contributed by atoms with Crippen molar-refractivity contribution >= 4 is 17.9 Å². The highest BCUT2D eigenvalue weighted by molar-refractivity contribution is 5.90. The molecule has 7 heteroatoms. The van der Waals surface area contributed by atoms with E-state index >= 15 is 0 Å². The van der Waals surface area contributed by atoms with Crippen molar-refractivity contribution in [3.05, 3.63) is 70.8 Å². The highest BCUT2D eigenvalue weighted by Crippen LogP contribution is 2.25. The Balaban J connectivity index is 2.19. The summed E-state index contributed by atoms with van der Waals surface area (Å²) in [5, 5.41) is 5.40. The number of likely N-dealkylation sites (N-methyl/N-ethyl adjacent to an activating group) is 1. The summed E-state index contributed by atoms with van der Waals surface area (Å²) in [7, 11) is 1.56. The van der Waals surface area contributed by atoms with Gasteiger partial charge < -0.3 is 20.3 Å². The first kappa shape index (κ1) is 24.9. The lowest BCUT2D eigenvalue weighted by Crippen LogP contribution is -2.46. The molecule has 0 aliphatic rings. The molecule has 2 aromatic rings. The minimum atomic E-state index is -0.841. The molecule has 0 spiro atoms. The Hall–Kier alpha value is -3.35. The maximum atomic E-state index is 13.2. The minimum Gasteiger partial charge on any atom is -0.444 e. The minimum absolute atomic E-state index is 0.279. The van der Waals surface area contributed by atoms with E-state index in [0.29, 0.717) is 6.54 Å². The number of nitrogens with one attached hydrogen (secondary N) is 2. The fraction of sp³-hybridized carbons (Fsp3) is 0.400. The second-order valence-electron chi connectivity index (χ2n) is 8.83. The van der Waals surface area contributed by atoms with Crippen molar-refractivity contribution in [2.75, 3.05) is 13.6 Å². The van der Waals surface area contributed by atoms with Crippen LogP contribution in [0.15, 0.2) is 48.5 Å². The molecular weight excluding hydrogens is 406 g/mol. The highest BCUT2D eigenvalue weighted by atomic mass is 16.6. The van der Waals surface area contributed by atoms with Crippen LogP contribution in [0.25, 0.3) is 0 Å². The molecule has 3 amide bonds. The van der Waals surface area contributed by atoms with E-state index in [9.17, 15) is 14.4 Å². The molecular formula is C25H33N3O4. The first-order valence-corrected chi connectivity index (χ1v) is 10.6. The molecule has 2 N–H and O–H groups in total. The zero-order valence-corrected chi connectivity index (χ0v) is 19.7. The maximum Gasteiger partial charge on any atom is 0.408 e. The zero-order valence-electron chi connectivity index (χ0n) is 19.7. The van der Waals surface area contributed by atoms with Crippen LogP contribution in [0.5, 0.6) is 0 Å². The van der Waals surface area contributed by atoms with Crippen LogP contribution in [0.4, 0.5) is 4.79 Å². The van der Waals surface area contributed by atoms with Crippen molar-refractivity contribution in [3.63, 3.8) is 0 Å². The van der Waals surface area contributed by atoms with Crippen LogP contribution in [-0.4, -0.2) is 42.0 Å². The van der Waals surface area contributed by atoms with Crippen LogP contribution >= 0.6 is 0 Å². The molecule has 0 heterocycles. The van der Waals surface area contributed by atoms with Crippen LogP contribution in [0.1, 0.15) is 49.1 Å². The summed E-state index contributed by atoms with van der Waals surface area (Å²) >= 11 is 0. The van der Waals surface area contributed by atoms with Gasteiger partial charge in [-0.05, 0) is 51.3 Å². The molecule has 0 aliphatic carbocycles. The van der Waals surface area contributed by atoms with Gasteiger partial charge in [0.15, 0.2) is 0 Å². The Morgan fingerprint density at radius 3 is 2.28 bits per heavy atom. The van der Waals surface area contributed by atoms with Crippen LogP contribution in [0.3, 0.4) is 0 Å². The Morgan fingerprint density at radius 1 is 1.00 bits per heavy atom.